The summed E-state index contributed by atoms with van der Waals surface area (Å²) in [6.45, 7) is 1.83. The average Bonchev–Trinajstić information content (AvgIpc) is 2.49. The summed E-state index contributed by atoms with van der Waals surface area (Å²) in [5.74, 6) is -0.0505. The molecule has 0 spiro atoms. The third kappa shape index (κ3) is 2.48. The molecule has 2 aromatic carbocycles. The standard InChI is InChI=1S/C16H14N2O3S/c1-11-5-2-3-7-13(11)18-22(20,21)15-9-10-17-16-12(15)6-4-8-14(16)19/h2-10,18-19H,1H3. The number of hydrogen-bond acceptors (Lipinski definition) is 4. The van der Waals surface area contributed by atoms with Crippen LogP contribution in [0.5, 0.6) is 5.75 Å². The van der Waals surface area contributed by atoms with Crippen LogP contribution in [-0.4, -0.2) is 18.5 Å². The second-order valence-electron chi connectivity index (χ2n) is 4.90. The highest BCUT2D eigenvalue weighted by Crippen LogP contribution is 2.29. The molecule has 0 atom stereocenters. The van der Waals surface area contributed by atoms with Crippen LogP contribution < -0.4 is 4.72 Å². The molecule has 1 heterocycles. The minimum atomic E-state index is -3.78. The number of phenols is 1. The van der Waals surface area contributed by atoms with Crippen molar-refractivity contribution in [2.24, 2.45) is 0 Å². The van der Waals surface area contributed by atoms with E-state index in [0.717, 1.165) is 5.56 Å². The summed E-state index contributed by atoms with van der Waals surface area (Å²) < 4.78 is 27.9. The number of hydrogen-bond donors (Lipinski definition) is 2. The highest BCUT2D eigenvalue weighted by molar-refractivity contribution is 7.93. The number of benzene rings is 2. The van der Waals surface area contributed by atoms with Crippen LogP contribution in [0.4, 0.5) is 5.69 Å². The fraction of sp³-hybridized carbons (Fsp3) is 0.0625. The van der Waals surface area contributed by atoms with Crippen molar-refractivity contribution in [3.8, 4) is 5.75 Å². The Morgan fingerprint density at radius 2 is 1.82 bits per heavy atom. The number of fused-ring (bicyclic) bond motifs is 1. The SMILES string of the molecule is Cc1ccccc1NS(=O)(=O)c1ccnc2c(O)cccc12. The van der Waals surface area contributed by atoms with E-state index >= 15 is 0 Å². The number of sulfonamides is 1. The van der Waals surface area contributed by atoms with Crippen molar-refractivity contribution in [3.63, 3.8) is 0 Å². The minimum Gasteiger partial charge on any atom is -0.506 e. The summed E-state index contributed by atoms with van der Waals surface area (Å²) in [5, 5.41) is 10.2. The molecule has 22 heavy (non-hydrogen) atoms. The van der Waals surface area contributed by atoms with Gasteiger partial charge in [0.1, 0.15) is 11.3 Å². The number of anilines is 1. The van der Waals surface area contributed by atoms with Crippen molar-refractivity contribution in [1.82, 2.24) is 4.98 Å². The van der Waals surface area contributed by atoms with Crippen LogP contribution in [0.1, 0.15) is 5.56 Å². The Morgan fingerprint density at radius 1 is 1.05 bits per heavy atom. The molecule has 0 aliphatic rings. The summed E-state index contributed by atoms with van der Waals surface area (Å²) in [6, 6.07) is 13.2. The Morgan fingerprint density at radius 3 is 2.59 bits per heavy atom. The molecular weight excluding hydrogens is 300 g/mol. The number of aromatic hydroxyl groups is 1. The maximum atomic E-state index is 12.7. The Balaban J connectivity index is 2.14. The van der Waals surface area contributed by atoms with Gasteiger partial charge in [0.05, 0.1) is 10.6 Å². The van der Waals surface area contributed by atoms with Crippen LogP contribution in [0.2, 0.25) is 0 Å². The van der Waals surface area contributed by atoms with Crippen molar-refractivity contribution in [1.29, 1.82) is 0 Å². The summed E-state index contributed by atoms with van der Waals surface area (Å²) in [7, 11) is -3.78. The molecule has 0 saturated heterocycles. The van der Waals surface area contributed by atoms with Gasteiger partial charge in [0, 0.05) is 11.6 Å². The zero-order chi connectivity index (χ0) is 15.7. The van der Waals surface area contributed by atoms with E-state index in [4.69, 9.17) is 0 Å². The van der Waals surface area contributed by atoms with E-state index in [1.54, 1.807) is 24.3 Å². The zero-order valence-corrected chi connectivity index (χ0v) is 12.6. The summed E-state index contributed by atoms with van der Waals surface area (Å²) in [4.78, 5) is 4.12. The fourth-order valence-corrected chi connectivity index (χ4v) is 3.58. The third-order valence-corrected chi connectivity index (χ3v) is 4.81. The van der Waals surface area contributed by atoms with Crippen molar-refractivity contribution in [3.05, 3.63) is 60.3 Å². The summed E-state index contributed by atoms with van der Waals surface area (Å²) >= 11 is 0. The van der Waals surface area contributed by atoms with Crippen molar-refractivity contribution >= 4 is 26.6 Å². The van der Waals surface area contributed by atoms with Gasteiger partial charge < -0.3 is 5.11 Å². The maximum Gasteiger partial charge on any atom is 0.262 e. The molecule has 2 N–H and O–H groups in total. The quantitative estimate of drug-likeness (QED) is 0.779. The largest absolute Gasteiger partial charge is 0.506 e. The van der Waals surface area contributed by atoms with Crippen LogP contribution in [0.15, 0.2) is 59.6 Å². The maximum absolute atomic E-state index is 12.7. The van der Waals surface area contributed by atoms with E-state index in [9.17, 15) is 13.5 Å². The Kier molecular flexibility index (Phi) is 3.46. The Bertz CT molecular complexity index is 953. The van der Waals surface area contributed by atoms with E-state index in [0.29, 0.717) is 11.1 Å². The number of para-hydroxylation sites is 2. The molecule has 0 aliphatic carbocycles. The molecule has 0 amide bonds. The topological polar surface area (TPSA) is 79.3 Å². The van der Waals surface area contributed by atoms with E-state index in [2.05, 4.69) is 9.71 Å². The van der Waals surface area contributed by atoms with Gasteiger partial charge in [-0.25, -0.2) is 8.42 Å². The smallest absolute Gasteiger partial charge is 0.262 e. The predicted molar refractivity (Wildman–Crippen MR) is 85.4 cm³/mol. The second kappa shape index (κ2) is 5.31. The van der Waals surface area contributed by atoms with E-state index in [1.165, 1.54) is 18.3 Å². The van der Waals surface area contributed by atoms with Gasteiger partial charge in [-0.3, -0.25) is 9.71 Å². The lowest BCUT2D eigenvalue weighted by Gasteiger charge is -2.12. The molecule has 0 unspecified atom stereocenters. The van der Waals surface area contributed by atoms with Gasteiger partial charge in [-0.2, -0.15) is 0 Å². The van der Waals surface area contributed by atoms with Crippen LogP contribution in [0.25, 0.3) is 10.9 Å². The Labute approximate surface area is 128 Å². The molecule has 112 valence electrons. The van der Waals surface area contributed by atoms with Crippen molar-refractivity contribution in [2.45, 2.75) is 11.8 Å². The number of rotatable bonds is 3. The molecule has 0 aliphatic heterocycles. The predicted octanol–water partition coefficient (Wildman–Crippen LogP) is 3.05. The monoisotopic (exact) mass is 314 g/mol. The normalized spacial score (nSPS) is 11.5. The van der Waals surface area contributed by atoms with Gasteiger partial charge in [0.2, 0.25) is 0 Å². The van der Waals surface area contributed by atoms with Gasteiger partial charge in [-0.1, -0.05) is 30.3 Å². The number of nitrogens with one attached hydrogen (secondary N) is 1. The molecule has 0 fully saturated rings. The lowest BCUT2D eigenvalue weighted by molar-refractivity contribution is 0.480. The fourth-order valence-electron chi connectivity index (χ4n) is 2.26. The molecule has 6 heteroatoms. The van der Waals surface area contributed by atoms with Gasteiger partial charge in [-0.05, 0) is 30.7 Å². The van der Waals surface area contributed by atoms with Crippen LogP contribution >= 0.6 is 0 Å². The summed E-state index contributed by atoms with van der Waals surface area (Å²) in [6.07, 6.45) is 1.37. The lowest BCUT2D eigenvalue weighted by Crippen LogP contribution is -2.14. The average molecular weight is 314 g/mol. The van der Waals surface area contributed by atoms with E-state index < -0.39 is 10.0 Å². The first-order valence-electron chi connectivity index (χ1n) is 6.64. The first kappa shape index (κ1) is 14.3. The first-order valence-corrected chi connectivity index (χ1v) is 8.12. The molecule has 5 nitrogen and oxygen atoms in total. The van der Waals surface area contributed by atoms with E-state index in [-0.39, 0.29) is 16.2 Å². The number of aromatic nitrogens is 1. The summed E-state index contributed by atoms with van der Waals surface area (Å²) in [5.41, 5.74) is 1.61. The van der Waals surface area contributed by atoms with Crippen LogP contribution in [-0.2, 0) is 10.0 Å². The third-order valence-electron chi connectivity index (χ3n) is 3.39. The van der Waals surface area contributed by atoms with Crippen LogP contribution in [0, 0.1) is 6.92 Å². The van der Waals surface area contributed by atoms with Gasteiger partial charge in [0.15, 0.2) is 0 Å². The number of nitrogens with zero attached hydrogens (tertiary/aromatic N) is 1. The second-order valence-corrected chi connectivity index (χ2v) is 6.55. The highest BCUT2D eigenvalue weighted by atomic mass is 32.2. The van der Waals surface area contributed by atoms with Gasteiger partial charge in [0.25, 0.3) is 10.0 Å². The number of aryl methyl sites for hydroxylation is 1. The van der Waals surface area contributed by atoms with Gasteiger partial charge in [-0.15, -0.1) is 0 Å². The Hall–Kier alpha value is -2.60. The van der Waals surface area contributed by atoms with Crippen molar-refractivity contribution in [2.75, 3.05) is 4.72 Å². The number of pyridine rings is 1. The molecule has 1 aromatic heterocycles. The lowest BCUT2D eigenvalue weighted by atomic mass is 10.2. The molecular formula is C16H14N2O3S. The first-order chi connectivity index (χ1) is 10.5. The van der Waals surface area contributed by atoms with Crippen LogP contribution in [0.3, 0.4) is 0 Å². The molecule has 3 rings (SSSR count). The minimum absolute atomic E-state index is 0.0505. The van der Waals surface area contributed by atoms with Crippen molar-refractivity contribution < 1.29 is 13.5 Å². The van der Waals surface area contributed by atoms with E-state index in [1.807, 2.05) is 19.1 Å². The number of phenolic OH excluding ortho intramolecular Hbond substituents is 1. The molecule has 3 aromatic rings. The zero-order valence-electron chi connectivity index (χ0n) is 11.8. The highest BCUT2D eigenvalue weighted by Gasteiger charge is 2.19. The molecule has 0 saturated carbocycles. The molecule has 0 bridgehead atoms. The molecule has 0 radical (unpaired) electrons. The van der Waals surface area contributed by atoms with Gasteiger partial charge >= 0.3 is 0 Å².